The van der Waals surface area contributed by atoms with E-state index in [2.05, 4.69) is 0 Å². The average molecular weight is 638 g/mol. The van der Waals surface area contributed by atoms with Crippen LogP contribution in [-0.2, 0) is 15.9 Å². The molecule has 1 aromatic heterocycles. The molecule has 2 heterocycles. The number of carboxylic acid groups (broad SMARTS) is 1. The second-order valence-electron chi connectivity index (χ2n) is 9.90. The van der Waals surface area contributed by atoms with E-state index in [0.717, 1.165) is 32.1 Å². The molecule has 2 aromatic carbocycles. The molecule has 4 rings (SSSR count). The van der Waals surface area contributed by atoms with E-state index in [9.17, 15) is 19.1 Å². The Hall–Kier alpha value is -2.81. The van der Waals surface area contributed by atoms with E-state index in [4.69, 9.17) is 21.1 Å². The third-order valence-electron chi connectivity index (χ3n) is 7.19. The van der Waals surface area contributed by atoms with Gasteiger partial charge in [-0.1, -0.05) is 85.5 Å². The molecule has 0 saturated carbocycles. The smallest absolute Gasteiger partial charge is 0.341 e. The quantitative estimate of drug-likeness (QED) is 0.239. The third-order valence-corrected chi connectivity index (χ3v) is 7.48. The summed E-state index contributed by atoms with van der Waals surface area (Å²) in [6, 6.07) is 6.62. The number of aromatic nitrogens is 1. The fraction of sp³-hybridized carbons (Fsp3) is 0.543. The van der Waals surface area contributed by atoms with Crippen molar-refractivity contribution in [3.63, 3.8) is 0 Å². The van der Waals surface area contributed by atoms with Crippen LogP contribution in [0.15, 0.2) is 41.3 Å². The van der Waals surface area contributed by atoms with Crippen molar-refractivity contribution in [1.82, 2.24) is 4.57 Å². The Morgan fingerprint density at radius 3 is 2.39 bits per heavy atom. The topological polar surface area (TPSA) is 77.8 Å². The molecule has 0 radical (unpaired) electrons. The summed E-state index contributed by atoms with van der Waals surface area (Å²) in [5, 5.41) is 9.79. The van der Waals surface area contributed by atoms with Crippen LogP contribution < -0.4 is 5.43 Å². The van der Waals surface area contributed by atoms with E-state index in [1.54, 1.807) is 10.6 Å². The van der Waals surface area contributed by atoms with E-state index in [1.165, 1.54) is 30.5 Å². The van der Waals surface area contributed by atoms with Crippen molar-refractivity contribution in [2.75, 3.05) is 13.2 Å². The molecule has 6 nitrogen and oxygen atoms in total. The number of halogens is 3. The number of rotatable bonds is 10. The largest absolute Gasteiger partial charge is 0.477 e. The first-order valence-corrected chi connectivity index (χ1v) is 16.4. The highest BCUT2D eigenvalue weighted by molar-refractivity contribution is 6.30. The summed E-state index contributed by atoms with van der Waals surface area (Å²) in [5.74, 6) is -2.65. The second-order valence-corrected chi connectivity index (χ2v) is 10.3. The maximum Gasteiger partial charge on any atom is 0.341 e. The number of carbonyl (C=O) groups is 1. The van der Waals surface area contributed by atoms with Gasteiger partial charge in [0.15, 0.2) is 6.29 Å². The number of pyridine rings is 1. The molecule has 1 aliphatic heterocycles. The Morgan fingerprint density at radius 1 is 1.11 bits per heavy atom. The number of benzene rings is 2. The van der Waals surface area contributed by atoms with Gasteiger partial charge in [-0.15, -0.1) is 0 Å². The Bertz CT molecular complexity index is 1370. The van der Waals surface area contributed by atoms with Gasteiger partial charge in [0.1, 0.15) is 17.2 Å². The van der Waals surface area contributed by atoms with Crippen LogP contribution >= 0.6 is 11.6 Å². The van der Waals surface area contributed by atoms with Gasteiger partial charge in [-0.2, -0.15) is 0 Å². The van der Waals surface area contributed by atoms with Gasteiger partial charge in [0.25, 0.3) is 0 Å². The Balaban J connectivity index is 0.00000152. The molecular weight excluding hydrogens is 588 g/mol. The van der Waals surface area contributed by atoms with Crippen molar-refractivity contribution in [2.24, 2.45) is 5.92 Å². The van der Waals surface area contributed by atoms with Gasteiger partial charge < -0.3 is 19.1 Å². The fourth-order valence-corrected chi connectivity index (χ4v) is 5.28. The number of hydrogen-bond acceptors (Lipinski definition) is 4. The summed E-state index contributed by atoms with van der Waals surface area (Å²) in [4.78, 5) is 25.3. The highest BCUT2D eigenvalue weighted by Gasteiger charge is 2.26. The Labute approximate surface area is 266 Å². The van der Waals surface area contributed by atoms with Crippen LogP contribution in [0, 0.1) is 17.6 Å². The van der Waals surface area contributed by atoms with Crippen LogP contribution in [0.1, 0.15) is 115 Å². The molecule has 1 aliphatic rings. The van der Waals surface area contributed by atoms with E-state index in [0.29, 0.717) is 6.61 Å². The van der Waals surface area contributed by atoms with Crippen molar-refractivity contribution in [2.45, 2.75) is 106 Å². The molecule has 1 N–H and O–H groups in total. The van der Waals surface area contributed by atoms with Crippen molar-refractivity contribution in [3.8, 4) is 0 Å². The molecule has 0 bridgehead atoms. The second kappa shape index (κ2) is 20.3. The minimum absolute atomic E-state index is 0.0271. The molecule has 1 fully saturated rings. The maximum absolute atomic E-state index is 15.5. The van der Waals surface area contributed by atoms with Gasteiger partial charge in [-0.25, -0.2) is 13.6 Å². The van der Waals surface area contributed by atoms with Gasteiger partial charge in [0.05, 0.1) is 23.2 Å². The SMILES string of the molecule is CC.CC.CC.CCC[C@H](C)C(COC1CCCCO1)n1cc(C(=O)O)c(=O)c2cc(Cc3cccc(Cl)c3F)c(F)cc21. The number of nitrogens with zero attached hydrogens (tertiary/aromatic N) is 1. The predicted molar refractivity (Wildman–Crippen MR) is 176 cm³/mol. The molecular formula is C35H50ClF2NO5. The molecule has 0 aliphatic carbocycles. The lowest BCUT2D eigenvalue weighted by atomic mass is 9.95. The molecule has 0 amide bonds. The molecule has 9 heteroatoms. The standard InChI is InChI=1S/C29H32ClF2NO5.3C2H6/c1-3-7-17(2)25(16-38-26-10-4-5-11-37-26)33-15-21(29(35)36)28(34)20-13-19(23(31)14-24(20)33)12-18-8-6-9-22(30)27(18)32;3*1-2/h6,8-9,13-15,17,25-26H,3-5,7,10-12,16H2,1-2H3,(H,35,36);3*1-2H3/t17-,25?,26?;;;/m0.../s1. The summed E-state index contributed by atoms with van der Waals surface area (Å²) >= 11 is 5.88. The lowest BCUT2D eigenvalue weighted by Crippen LogP contribution is -2.30. The van der Waals surface area contributed by atoms with Gasteiger partial charge in [-0.05, 0) is 60.9 Å². The summed E-state index contributed by atoms with van der Waals surface area (Å²) in [5.41, 5.74) is -0.661. The molecule has 246 valence electrons. The molecule has 3 atom stereocenters. The lowest BCUT2D eigenvalue weighted by Gasteiger charge is -2.31. The maximum atomic E-state index is 15.5. The highest BCUT2D eigenvalue weighted by atomic mass is 35.5. The zero-order valence-electron chi connectivity index (χ0n) is 27.5. The Morgan fingerprint density at radius 2 is 1.80 bits per heavy atom. The number of hydrogen-bond donors (Lipinski definition) is 1. The zero-order valence-corrected chi connectivity index (χ0v) is 28.3. The minimum atomic E-state index is -1.38. The van der Waals surface area contributed by atoms with Crippen LogP contribution in [0.2, 0.25) is 5.02 Å². The molecule has 3 aromatic rings. The molecule has 1 saturated heterocycles. The van der Waals surface area contributed by atoms with Crippen molar-refractivity contribution in [1.29, 1.82) is 0 Å². The van der Waals surface area contributed by atoms with Crippen LogP contribution in [0.5, 0.6) is 0 Å². The van der Waals surface area contributed by atoms with Crippen LogP contribution in [-0.4, -0.2) is 35.1 Å². The average Bonchev–Trinajstić information content (AvgIpc) is 3.04. The third kappa shape index (κ3) is 10.1. The summed E-state index contributed by atoms with van der Waals surface area (Å²) in [6.45, 7) is 16.9. The molecule has 2 unspecified atom stereocenters. The summed E-state index contributed by atoms with van der Waals surface area (Å²) in [6.07, 6.45) is 5.19. The van der Waals surface area contributed by atoms with E-state index >= 15 is 4.39 Å². The first kappa shape index (κ1) is 39.2. The fourth-order valence-electron chi connectivity index (χ4n) is 5.08. The number of fused-ring (bicyclic) bond motifs is 1. The molecule has 44 heavy (non-hydrogen) atoms. The zero-order chi connectivity index (χ0) is 33.4. The summed E-state index contributed by atoms with van der Waals surface area (Å²) < 4.78 is 43.4. The number of ether oxygens (including phenoxy) is 2. The van der Waals surface area contributed by atoms with Crippen LogP contribution in [0.3, 0.4) is 0 Å². The van der Waals surface area contributed by atoms with E-state index in [1.807, 2.05) is 55.4 Å². The van der Waals surface area contributed by atoms with Crippen LogP contribution in [0.4, 0.5) is 8.78 Å². The first-order chi connectivity index (χ1) is 21.2. The van der Waals surface area contributed by atoms with Crippen molar-refractivity contribution in [3.05, 3.63) is 80.1 Å². The van der Waals surface area contributed by atoms with Crippen molar-refractivity contribution < 1.29 is 28.2 Å². The summed E-state index contributed by atoms with van der Waals surface area (Å²) in [7, 11) is 0. The Kier molecular flexibility index (Phi) is 18.1. The highest BCUT2D eigenvalue weighted by Crippen LogP contribution is 2.30. The normalized spacial score (nSPS) is 15.5. The van der Waals surface area contributed by atoms with Gasteiger partial charge in [0, 0.05) is 24.6 Å². The van der Waals surface area contributed by atoms with Gasteiger partial charge in [-0.3, -0.25) is 4.79 Å². The van der Waals surface area contributed by atoms with Crippen molar-refractivity contribution >= 4 is 28.5 Å². The minimum Gasteiger partial charge on any atom is -0.477 e. The van der Waals surface area contributed by atoms with Crippen LogP contribution in [0.25, 0.3) is 10.9 Å². The first-order valence-electron chi connectivity index (χ1n) is 16.0. The molecule has 0 spiro atoms. The number of carboxylic acids is 1. The monoisotopic (exact) mass is 637 g/mol. The van der Waals surface area contributed by atoms with E-state index < -0.39 is 28.6 Å². The van der Waals surface area contributed by atoms with Gasteiger partial charge >= 0.3 is 5.97 Å². The van der Waals surface area contributed by atoms with E-state index in [-0.39, 0.29) is 58.3 Å². The lowest BCUT2D eigenvalue weighted by molar-refractivity contribution is -0.170. The predicted octanol–water partition coefficient (Wildman–Crippen LogP) is 9.82. The number of aromatic carboxylic acids is 1. The van der Waals surface area contributed by atoms with Gasteiger partial charge in [0.2, 0.25) is 5.43 Å².